The Hall–Kier alpha value is -0.380. The van der Waals surface area contributed by atoms with Crippen LogP contribution in [0, 0.1) is 0 Å². The Morgan fingerprint density at radius 1 is 1.31 bits per heavy atom. The highest BCUT2D eigenvalue weighted by molar-refractivity contribution is 9.10. The number of halogens is 2. The third kappa shape index (κ3) is 3.06. The lowest BCUT2D eigenvalue weighted by Crippen LogP contribution is -2.33. The van der Waals surface area contributed by atoms with Crippen LogP contribution in [0.15, 0.2) is 22.7 Å². The van der Waals surface area contributed by atoms with Gasteiger partial charge in [-0.15, -0.1) is 0 Å². The van der Waals surface area contributed by atoms with E-state index in [1.165, 1.54) is 5.56 Å². The van der Waals surface area contributed by atoms with E-state index in [1.54, 1.807) is 0 Å². The van der Waals surface area contributed by atoms with Gasteiger partial charge in [0, 0.05) is 42.0 Å². The van der Waals surface area contributed by atoms with Gasteiger partial charge in [0.25, 0.3) is 0 Å². The zero-order chi connectivity index (χ0) is 11.5. The van der Waals surface area contributed by atoms with Crippen molar-refractivity contribution in [3.8, 4) is 0 Å². The molecule has 0 N–H and O–H groups in total. The van der Waals surface area contributed by atoms with E-state index in [9.17, 15) is 4.79 Å². The fourth-order valence-corrected chi connectivity index (χ4v) is 2.66. The first-order valence-electron chi connectivity index (χ1n) is 5.33. The van der Waals surface area contributed by atoms with Crippen molar-refractivity contribution in [3.63, 3.8) is 0 Å². The molecule has 1 fully saturated rings. The van der Waals surface area contributed by atoms with Crippen LogP contribution in [0.2, 0.25) is 5.02 Å². The van der Waals surface area contributed by atoms with Crippen LogP contribution in [-0.4, -0.2) is 23.8 Å². The van der Waals surface area contributed by atoms with Crippen LogP contribution in [0.25, 0.3) is 0 Å². The van der Waals surface area contributed by atoms with Gasteiger partial charge in [-0.2, -0.15) is 0 Å². The van der Waals surface area contributed by atoms with Gasteiger partial charge in [-0.05, 0) is 17.7 Å². The Morgan fingerprint density at radius 3 is 2.62 bits per heavy atom. The molecule has 0 saturated carbocycles. The molecule has 0 aromatic heterocycles. The monoisotopic (exact) mass is 301 g/mol. The molecule has 0 amide bonds. The fourth-order valence-electron chi connectivity index (χ4n) is 1.85. The molecular formula is C12H13BrClNO. The lowest BCUT2D eigenvalue weighted by molar-refractivity contribution is -0.121. The minimum Gasteiger partial charge on any atom is -0.300 e. The van der Waals surface area contributed by atoms with E-state index >= 15 is 0 Å². The summed E-state index contributed by atoms with van der Waals surface area (Å²) in [5, 5.41) is 0.740. The van der Waals surface area contributed by atoms with E-state index in [2.05, 4.69) is 20.8 Å². The van der Waals surface area contributed by atoms with Crippen LogP contribution in [-0.2, 0) is 11.3 Å². The number of hydrogen-bond acceptors (Lipinski definition) is 2. The van der Waals surface area contributed by atoms with Gasteiger partial charge in [0.05, 0.1) is 0 Å². The summed E-state index contributed by atoms with van der Waals surface area (Å²) >= 11 is 9.40. The Bertz CT molecular complexity index is 398. The molecule has 4 heteroatoms. The number of likely N-dealkylation sites (tertiary alicyclic amines) is 1. The van der Waals surface area contributed by atoms with Crippen molar-refractivity contribution in [2.45, 2.75) is 19.4 Å². The maximum atomic E-state index is 11.1. The molecule has 1 aromatic carbocycles. The maximum Gasteiger partial charge on any atom is 0.135 e. The molecule has 1 heterocycles. The number of Topliss-reactive ketones (excluding diaryl/α,β-unsaturated/α-hetero) is 1. The number of carbonyl (C=O) groups excluding carboxylic acids is 1. The highest BCUT2D eigenvalue weighted by atomic mass is 79.9. The Morgan fingerprint density at radius 2 is 2.00 bits per heavy atom. The molecule has 0 unspecified atom stereocenters. The first kappa shape index (κ1) is 12.1. The highest BCUT2D eigenvalue weighted by Crippen LogP contribution is 2.23. The number of rotatable bonds is 2. The van der Waals surface area contributed by atoms with Crippen molar-refractivity contribution in [3.05, 3.63) is 33.3 Å². The molecule has 0 bridgehead atoms. The van der Waals surface area contributed by atoms with Gasteiger partial charge < -0.3 is 0 Å². The van der Waals surface area contributed by atoms with E-state index in [4.69, 9.17) is 11.6 Å². The zero-order valence-corrected chi connectivity index (χ0v) is 11.2. The molecule has 1 aliphatic rings. The normalized spacial score (nSPS) is 17.8. The van der Waals surface area contributed by atoms with Crippen LogP contribution in [0.3, 0.4) is 0 Å². The summed E-state index contributed by atoms with van der Waals surface area (Å²) in [6.07, 6.45) is 1.37. The summed E-state index contributed by atoms with van der Waals surface area (Å²) in [5.41, 5.74) is 1.22. The van der Waals surface area contributed by atoms with Gasteiger partial charge in [0.2, 0.25) is 0 Å². The summed E-state index contributed by atoms with van der Waals surface area (Å²) in [6, 6.07) is 5.84. The summed E-state index contributed by atoms with van der Waals surface area (Å²) in [7, 11) is 0. The van der Waals surface area contributed by atoms with Gasteiger partial charge in [-0.25, -0.2) is 0 Å². The first-order chi connectivity index (χ1) is 7.65. The quantitative estimate of drug-likeness (QED) is 0.836. The molecule has 0 spiro atoms. The van der Waals surface area contributed by atoms with Crippen molar-refractivity contribution >= 4 is 33.3 Å². The van der Waals surface area contributed by atoms with Crippen LogP contribution in [0.5, 0.6) is 0 Å². The number of piperidine rings is 1. The molecule has 86 valence electrons. The van der Waals surface area contributed by atoms with Gasteiger partial charge in [0.15, 0.2) is 0 Å². The molecule has 0 atom stereocenters. The molecule has 0 aliphatic carbocycles. The number of hydrogen-bond donors (Lipinski definition) is 0. The summed E-state index contributed by atoms with van der Waals surface area (Å²) < 4.78 is 1.04. The molecule has 0 radical (unpaired) electrons. The summed E-state index contributed by atoms with van der Waals surface area (Å²) in [4.78, 5) is 13.4. The lowest BCUT2D eigenvalue weighted by Gasteiger charge is -2.26. The fraction of sp³-hybridized carbons (Fsp3) is 0.417. The number of nitrogens with zero attached hydrogens (tertiary/aromatic N) is 1. The van der Waals surface area contributed by atoms with Crippen molar-refractivity contribution in [2.75, 3.05) is 13.1 Å². The Labute approximate surface area is 109 Å². The Balaban J connectivity index is 2.01. The van der Waals surface area contributed by atoms with Crippen molar-refractivity contribution in [1.29, 1.82) is 0 Å². The van der Waals surface area contributed by atoms with Crippen LogP contribution >= 0.6 is 27.5 Å². The second kappa shape index (κ2) is 5.30. The number of ketones is 1. The maximum absolute atomic E-state index is 11.1. The van der Waals surface area contributed by atoms with Crippen molar-refractivity contribution in [1.82, 2.24) is 4.90 Å². The van der Waals surface area contributed by atoms with E-state index in [0.29, 0.717) is 18.6 Å². The minimum absolute atomic E-state index is 0.381. The van der Waals surface area contributed by atoms with Crippen LogP contribution in [0.1, 0.15) is 18.4 Å². The average molecular weight is 303 g/mol. The SMILES string of the molecule is O=C1CCN(Cc2ccc(Cl)cc2Br)CC1. The summed E-state index contributed by atoms with van der Waals surface area (Å²) in [6.45, 7) is 2.62. The van der Waals surface area contributed by atoms with Crippen molar-refractivity contribution in [2.24, 2.45) is 0 Å². The Kier molecular flexibility index (Phi) is 4.00. The highest BCUT2D eigenvalue weighted by Gasteiger charge is 2.16. The molecule has 16 heavy (non-hydrogen) atoms. The van der Waals surface area contributed by atoms with E-state index < -0.39 is 0 Å². The topological polar surface area (TPSA) is 20.3 Å². The minimum atomic E-state index is 0.381. The predicted octanol–water partition coefficient (Wildman–Crippen LogP) is 3.27. The van der Waals surface area contributed by atoms with Crippen molar-refractivity contribution < 1.29 is 4.79 Å². The van der Waals surface area contributed by atoms with Gasteiger partial charge >= 0.3 is 0 Å². The second-order valence-electron chi connectivity index (χ2n) is 4.05. The van der Waals surface area contributed by atoms with Crippen LogP contribution in [0.4, 0.5) is 0 Å². The number of benzene rings is 1. The average Bonchev–Trinajstić information content (AvgIpc) is 2.25. The van der Waals surface area contributed by atoms with E-state index in [-0.39, 0.29) is 0 Å². The lowest BCUT2D eigenvalue weighted by atomic mass is 10.1. The van der Waals surface area contributed by atoms with E-state index in [0.717, 1.165) is 29.1 Å². The molecule has 2 rings (SSSR count). The van der Waals surface area contributed by atoms with Gasteiger partial charge in [0.1, 0.15) is 5.78 Å². The first-order valence-corrected chi connectivity index (χ1v) is 6.50. The molecule has 1 saturated heterocycles. The molecule has 1 aliphatic heterocycles. The molecule has 2 nitrogen and oxygen atoms in total. The molecular weight excluding hydrogens is 289 g/mol. The number of carbonyl (C=O) groups is 1. The standard InChI is InChI=1S/C12H13BrClNO/c13-12-7-10(14)2-1-9(12)8-15-5-3-11(16)4-6-15/h1-2,7H,3-6,8H2. The third-order valence-corrected chi connectivity index (χ3v) is 3.80. The smallest absolute Gasteiger partial charge is 0.135 e. The summed E-state index contributed by atoms with van der Waals surface area (Å²) in [5.74, 6) is 0.381. The van der Waals surface area contributed by atoms with Gasteiger partial charge in [-0.3, -0.25) is 9.69 Å². The second-order valence-corrected chi connectivity index (χ2v) is 5.34. The predicted molar refractivity (Wildman–Crippen MR) is 68.7 cm³/mol. The van der Waals surface area contributed by atoms with E-state index in [1.807, 2.05) is 18.2 Å². The zero-order valence-electron chi connectivity index (χ0n) is 8.88. The van der Waals surface area contributed by atoms with Crippen LogP contribution < -0.4 is 0 Å². The largest absolute Gasteiger partial charge is 0.300 e. The third-order valence-electron chi connectivity index (χ3n) is 2.82. The molecule has 1 aromatic rings. The van der Waals surface area contributed by atoms with Gasteiger partial charge in [-0.1, -0.05) is 33.6 Å².